The first kappa shape index (κ1) is 9.78. The zero-order valence-electron chi connectivity index (χ0n) is 8.09. The number of aryl methyl sites for hydroxylation is 1. The predicted octanol–water partition coefficient (Wildman–Crippen LogP) is 2.98. The number of aromatic nitrogens is 1. The molecule has 0 bridgehead atoms. The van der Waals surface area contributed by atoms with E-state index in [4.69, 9.17) is 0 Å². The van der Waals surface area contributed by atoms with Crippen LogP contribution in [0.15, 0.2) is 31.1 Å². The van der Waals surface area contributed by atoms with Crippen molar-refractivity contribution >= 4 is 5.69 Å². The van der Waals surface area contributed by atoms with Gasteiger partial charge >= 0.3 is 0 Å². The Bertz CT molecular complexity index is 269. The maximum absolute atomic E-state index is 4.32. The van der Waals surface area contributed by atoms with Crippen LogP contribution in [0.25, 0.3) is 0 Å². The number of rotatable bonds is 5. The summed E-state index contributed by atoms with van der Waals surface area (Å²) in [5, 5.41) is 3.09. The summed E-state index contributed by atoms with van der Waals surface area (Å²) < 4.78 is 0. The largest absolute Gasteiger partial charge is 0.361 e. The molecule has 0 aliphatic carbocycles. The average Bonchev–Trinajstić information content (AvgIpc) is 2.17. The molecule has 0 saturated heterocycles. The zero-order chi connectivity index (χ0) is 9.52. The van der Waals surface area contributed by atoms with Gasteiger partial charge in [-0.3, -0.25) is 4.98 Å². The van der Waals surface area contributed by atoms with Gasteiger partial charge in [0, 0.05) is 6.20 Å². The number of hydrogen-bond donors (Lipinski definition) is 1. The summed E-state index contributed by atoms with van der Waals surface area (Å²) in [4.78, 5) is 4.32. The van der Waals surface area contributed by atoms with Crippen LogP contribution in [0.2, 0.25) is 0 Å². The van der Waals surface area contributed by atoms with Gasteiger partial charge in [-0.05, 0) is 31.2 Å². The molecule has 13 heavy (non-hydrogen) atoms. The van der Waals surface area contributed by atoms with Crippen molar-refractivity contribution in [1.82, 2.24) is 4.98 Å². The molecular weight excluding hydrogens is 160 g/mol. The molecule has 1 rings (SSSR count). The SMILES string of the molecule is C=CNc1cccnc1CCCC. The van der Waals surface area contributed by atoms with Crippen LogP contribution in [0.5, 0.6) is 0 Å². The summed E-state index contributed by atoms with van der Waals surface area (Å²) in [7, 11) is 0. The Balaban J connectivity index is 2.71. The van der Waals surface area contributed by atoms with Gasteiger partial charge in [0.15, 0.2) is 0 Å². The van der Waals surface area contributed by atoms with Crippen LogP contribution >= 0.6 is 0 Å². The highest BCUT2D eigenvalue weighted by molar-refractivity contribution is 5.49. The van der Waals surface area contributed by atoms with E-state index >= 15 is 0 Å². The Morgan fingerprint density at radius 3 is 3.15 bits per heavy atom. The maximum atomic E-state index is 4.32. The molecule has 1 aromatic heterocycles. The minimum Gasteiger partial charge on any atom is -0.361 e. The van der Waals surface area contributed by atoms with Crippen molar-refractivity contribution in [2.24, 2.45) is 0 Å². The van der Waals surface area contributed by atoms with Crippen molar-refractivity contribution in [2.45, 2.75) is 26.2 Å². The number of nitrogens with one attached hydrogen (secondary N) is 1. The summed E-state index contributed by atoms with van der Waals surface area (Å²) in [5.74, 6) is 0. The van der Waals surface area contributed by atoms with Crippen LogP contribution in [-0.4, -0.2) is 4.98 Å². The van der Waals surface area contributed by atoms with E-state index in [0.717, 1.165) is 17.8 Å². The zero-order valence-corrected chi connectivity index (χ0v) is 8.09. The first-order chi connectivity index (χ1) is 6.38. The van der Waals surface area contributed by atoms with Crippen molar-refractivity contribution in [3.8, 4) is 0 Å². The van der Waals surface area contributed by atoms with E-state index in [1.807, 2.05) is 18.3 Å². The fourth-order valence-electron chi connectivity index (χ4n) is 1.22. The van der Waals surface area contributed by atoms with E-state index in [0.29, 0.717) is 0 Å². The Morgan fingerprint density at radius 2 is 2.46 bits per heavy atom. The molecule has 0 aliphatic heterocycles. The van der Waals surface area contributed by atoms with Gasteiger partial charge in [0.25, 0.3) is 0 Å². The van der Waals surface area contributed by atoms with Crippen LogP contribution in [0.4, 0.5) is 5.69 Å². The van der Waals surface area contributed by atoms with E-state index in [1.165, 1.54) is 12.8 Å². The highest BCUT2D eigenvalue weighted by atomic mass is 14.9. The minimum atomic E-state index is 1.04. The third kappa shape index (κ3) is 2.90. The predicted molar refractivity (Wildman–Crippen MR) is 56.7 cm³/mol. The van der Waals surface area contributed by atoms with Crippen molar-refractivity contribution in [2.75, 3.05) is 5.32 Å². The van der Waals surface area contributed by atoms with E-state index in [9.17, 15) is 0 Å². The Labute approximate surface area is 79.7 Å². The van der Waals surface area contributed by atoms with Gasteiger partial charge in [-0.15, -0.1) is 0 Å². The molecule has 0 atom stereocenters. The third-order valence-electron chi connectivity index (χ3n) is 1.91. The second-order valence-corrected chi connectivity index (χ2v) is 2.95. The second kappa shape index (κ2) is 5.36. The second-order valence-electron chi connectivity index (χ2n) is 2.95. The molecule has 2 heteroatoms. The molecule has 1 aromatic rings. The normalized spacial score (nSPS) is 9.62. The maximum Gasteiger partial charge on any atom is 0.0637 e. The standard InChI is InChI=1S/C11H16N2/c1-3-5-7-11-10(12-4-2)8-6-9-13-11/h4,6,8-9,12H,2-3,5,7H2,1H3. The molecular formula is C11H16N2. The van der Waals surface area contributed by atoms with Gasteiger partial charge in [0.05, 0.1) is 11.4 Å². The third-order valence-corrected chi connectivity index (χ3v) is 1.91. The number of anilines is 1. The van der Waals surface area contributed by atoms with Crippen LogP contribution < -0.4 is 5.32 Å². The van der Waals surface area contributed by atoms with Gasteiger partial charge in [-0.1, -0.05) is 19.9 Å². The lowest BCUT2D eigenvalue weighted by molar-refractivity contribution is 0.778. The molecule has 2 nitrogen and oxygen atoms in total. The molecule has 0 saturated carbocycles. The van der Waals surface area contributed by atoms with Crippen LogP contribution in [0, 0.1) is 0 Å². The molecule has 1 heterocycles. The molecule has 0 amide bonds. The van der Waals surface area contributed by atoms with E-state index in [2.05, 4.69) is 23.8 Å². The van der Waals surface area contributed by atoms with Gasteiger partial charge < -0.3 is 5.32 Å². The molecule has 0 spiro atoms. The molecule has 0 unspecified atom stereocenters. The van der Waals surface area contributed by atoms with Crippen LogP contribution in [-0.2, 0) is 6.42 Å². The van der Waals surface area contributed by atoms with Crippen molar-refractivity contribution in [3.05, 3.63) is 36.8 Å². The fourth-order valence-corrected chi connectivity index (χ4v) is 1.22. The van der Waals surface area contributed by atoms with Gasteiger partial charge in [-0.25, -0.2) is 0 Å². The number of hydrogen-bond acceptors (Lipinski definition) is 2. The van der Waals surface area contributed by atoms with Crippen LogP contribution in [0.1, 0.15) is 25.5 Å². The van der Waals surface area contributed by atoms with Gasteiger partial charge in [-0.2, -0.15) is 0 Å². The minimum absolute atomic E-state index is 1.04. The fraction of sp³-hybridized carbons (Fsp3) is 0.364. The quantitative estimate of drug-likeness (QED) is 0.746. The number of unbranched alkanes of at least 4 members (excludes halogenated alkanes) is 1. The lowest BCUT2D eigenvalue weighted by Gasteiger charge is -2.06. The number of pyridine rings is 1. The van der Waals surface area contributed by atoms with E-state index in [-0.39, 0.29) is 0 Å². The molecule has 70 valence electrons. The van der Waals surface area contributed by atoms with Gasteiger partial charge in [0.2, 0.25) is 0 Å². The van der Waals surface area contributed by atoms with Crippen molar-refractivity contribution < 1.29 is 0 Å². The molecule has 0 radical (unpaired) electrons. The van der Waals surface area contributed by atoms with Crippen LogP contribution in [0.3, 0.4) is 0 Å². The van der Waals surface area contributed by atoms with Crippen molar-refractivity contribution in [1.29, 1.82) is 0 Å². The Hall–Kier alpha value is -1.31. The summed E-state index contributed by atoms with van der Waals surface area (Å²) in [6.07, 6.45) is 6.94. The highest BCUT2D eigenvalue weighted by Crippen LogP contribution is 2.14. The van der Waals surface area contributed by atoms with Gasteiger partial charge in [0.1, 0.15) is 0 Å². The lowest BCUT2D eigenvalue weighted by Crippen LogP contribution is -1.97. The Morgan fingerprint density at radius 1 is 1.62 bits per heavy atom. The summed E-state index contributed by atoms with van der Waals surface area (Å²) in [5.41, 5.74) is 2.20. The monoisotopic (exact) mass is 176 g/mol. The van der Waals surface area contributed by atoms with Crippen molar-refractivity contribution in [3.63, 3.8) is 0 Å². The van der Waals surface area contributed by atoms with E-state index in [1.54, 1.807) is 6.20 Å². The average molecular weight is 176 g/mol. The summed E-state index contributed by atoms with van der Waals surface area (Å²) in [6, 6.07) is 3.96. The summed E-state index contributed by atoms with van der Waals surface area (Å²) in [6.45, 7) is 5.82. The molecule has 0 aliphatic rings. The Kier molecular flexibility index (Phi) is 4.03. The first-order valence-corrected chi connectivity index (χ1v) is 4.69. The molecule has 1 N–H and O–H groups in total. The van der Waals surface area contributed by atoms with E-state index < -0.39 is 0 Å². The lowest BCUT2D eigenvalue weighted by atomic mass is 10.1. The smallest absolute Gasteiger partial charge is 0.0637 e. The number of nitrogens with zero attached hydrogens (tertiary/aromatic N) is 1. The highest BCUT2D eigenvalue weighted by Gasteiger charge is 1.99. The first-order valence-electron chi connectivity index (χ1n) is 4.69. The molecule has 0 fully saturated rings. The molecule has 0 aromatic carbocycles. The summed E-state index contributed by atoms with van der Waals surface area (Å²) >= 11 is 0. The topological polar surface area (TPSA) is 24.9 Å².